The maximum absolute atomic E-state index is 8.93. The van der Waals surface area contributed by atoms with Crippen molar-refractivity contribution in [3.05, 3.63) is 102 Å². The van der Waals surface area contributed by atoms with E-state index in [0.717, 1.165) is 17.0 Å². The van der Waals surface area contributed by atoms with Crippen LogP contribution >= 0.6 is 0 Å². The van der Waals surface area contributed by atoms with Gasteiger partial charge in [-0.2, -0.15) is 5.26 Å². The fraction of sp³-hybridized carbons (Fsp3) is 0.0435. The third-order valence-electron chi connectivity index (χ3n) is 3.64. The van der Waals surface area contributed by atoms with Crippen molar-refractivity contribution in [1.29, 1.82) is 5.26 Å². The molecule has 0 aromatic heterocycles. The first-order chi connectivity index (χ1) is 13.2. The third-order valence-corrected chi connectivity index (χ3v) is 3.64. The summed E-state index contributed by atoms with van der Waals surface area (Å²) in [6.45, 7) is 1.87. The maximum atomic E-state index is 8.93. The lowest BCUT2D eigenvalue weighted by molar-refractivity contribution is 0.473. The molecule has 0 amide bonds. The minimum Gasteiger partial charge on any atom is -0.465 e. The molecule has 4 heteroatoms. The lowest BCUT2D eigenvalue weighted by atomic mass is 10.2. The number of para-hydroxylation sites is 2. The van der Waals surface area contributed by atoms with Gasteiger partial charge in [0.05, 0.1) is 23.6 Å². The van der Waals surface area contributed by atoms with Gasteiger partial charge in [0.1, 0.15) is 11.5 Å². The van der Waals surface area contributed by atoms with Gasteiger partial charge in [-0.3, -0.25) is 0 Å². The van der Waals surface area contributed by atoms with E-state index < -0.39 is 0 Å². The first-order valence-electron chi connectivity index (χ1n) is 8.45. The molecule has 3 aromatic carbocycles. The number of rotatable bonds is 5. The van der Waals surface area contributed by atoms with Gasteiger partial charge in [0.2, 0.25) is 5.90 Å². The average Bonchev–Trinajstić information content (AvgIpc) is 2.73. The molecule has 0 bridgehead atoms. The van der Waals surface area contributed by atoms with Crippen LogP contribution in [-0.2, 0) is 0 Å². The molecule has 27 heavy (non-hydrogen) atoms. The Labute approximate surface area is 158 Å². The Kier molecular flexibility index (Phi) is 6.00. The molecule has 132 valence electrons. The highest BCUT2D eigenvalue weighted by Gasteiger charge is 2.08. The number of hydrogen-bond acceptors (Lipinski definition) is 4. The second kappa shape index (κ2) is 9.02. The van der Waals surface area contributed by atoms with E-state index in [9.17, 15) is 0 Å². The summed E-state index contributed by atoms with van der Waals surface area (Å²) >= 11 is 0. The maximum Gasteiger partial charge on any atom is 0.225 e. The lowest BCUT2D eigenvalue weighted by Gasteiger charge is -2.10. The van der Waals surface area contributed by atoms with Gasteiger partial charge in [-0.25, -0.2) is 4.99 Å². The van der Waals surface area contributed by atoms with Crippen molar-refractivity contribution >= 4 is 11.6 Å². The smallest absolute Gasteiger partial charge is 0.225 e. The monoisotopic (exact) mass is 354 g/mol. The summed E-state index contributed by atoms with van der Waals surface area (Å²) in [6.07, 6.45) is 1.61. The van der Waals surface area contributed by atoms with Gasteiger partial charge in [0.25, 0.3) is 0 Å². The van der Waals surface area contributed by atoms with Crippen LogP contribution in [0.2, 0.25) is 0 Å². The van der Waals surface area contributed by atoms with Crippen LogP contribution in [0.5, 0.6) is 11.5 Å². The summed E-state index contributed by atoms with van der Waals surface area (Å²) in [6, 6.07) is 28.0. The summed E-state index contributed by atoms with van der Waals surface area (Å²) in [4.78, 5) is 4.59. The zero-order chi connectivity index (χ0) is 18.9. The molecule has 0 saturated heterocycles. The minimum absolute atomic E-state index is 0.418. The normalized spacial score (nSPS) is 11.6. The number of aliphatic imine (C=N–C) groups is 1. The van der Waals surface area contributed by atoms with E-state index in [-0.39, 0.29) is 0 Å². The van der Waals surface area contributed by atoms with Gasteiger partial charge >= 0.3 is 0 Å². The summed E-state index contributed by atoms with van der Waals surface area (Å²) < 4.78 is 11.7. The second-order valence-corrected chi connectivity index (χ2v) is 5.72. The first kappa shape index (κ1) is 18.0. The highest BCUT2D eigenvalue weighted by molar-refractivity contribution is 5.96. The Morgan fingerprint density at radius 1 is 0.852 bits per heavy atom. The highest BCUT2D eigenvalue weighted by atomic mass is 16.5. The zero-order valence-electron chi connectivity index (χ0n) is 14.9. The molecular formula is C23H18N2O2. The fourth-order valence-corrected chi connectivity index (χ4v) is 2.23. The molecule has 3 aromatic rings. The number of ether oxygens (including phenoxy) is 2. The molecule has 0 atom stereocenters. The van der Waals surface area contributed by atoms with E-state index in [2.05, 4.69) is 11.1 Å². The van der Waals surface area contributed by atoms with Crippen LogP contribution in [0.25, 0.3) is 0 Å². The van der Waals surface area contributed by atoms with Crippen molar-refractivity contribution in [2.75, 3.05) is 0 Å². The van der Waals surface area contributed by atoms with Gasteiger partial charge < -0.3 is 9.47 Å². The highest BCUT2D eigenvalue weighted by Crippen LogP contribution is 2.18. The summed E-state index contributed by atoms with van der Waals surface area (Å²) in [7, 11) is 0. The van der Waals surface area contributed by atoms with Crippen molar-refractivity contribution in [2.24, 2.45) is 4.99 Å². The Morgan fingerprint density at radius 2 is 1.48 bits per heavy atom. The summed E-state index contributed by atoms with van der Waals surface area (Å²) in [5, 5.41) is 8.93. The van der Waals surface area contributed by atoms with Gasteiger partial charge in [-0.05, 0) is 55.5 Å². The quantitative estimate of drug-likeness (QED) is 0.338. The van der Waals surface area contributed by atoms with Crippen LogP contribution < -0.4 is 9.47 Å². The van der Waals surface area contributed by atoms with Crippen molar-refractivity contribution in [1.82, 2.24) is 0 Å². The Morgan fingerprint density at radius 3 is 2.11 bits per heavy atom. The van der Waals surface area contributed by atoms with E-state index in [4.69, 9.17) is 14.7 Å². The Hall–Kier alpha value is -3.84. The molecule has 0 heterocycles. The molecule has 0 aliphatic heterocycles. The van der Waals surface area contributed by atoms with Gasteiger partial charge in [0.15, 0.2) is 0 Å². The number of benzene rings is 3. The molecule has 0 unspecified atom stereocenters. The topological polar surface area (TPSA) is 54.6 Å². The van der Waals surface area contributed by atoms with Crippen molar-refractivity contribution < 1.29 is 9.47 Å². The molecular weight excluding hydrogens is 336 g/mol. The molecule has 0 aliphatic rings. The van der Waals surface area contributed by atoms with Gasteiger partial charge in [0, 0.05) is 5.57 Å². The fourth-order valence-electron chi connectivity index (χ4n) is 2.23. The number of nitriles is 1. The number of hydrogen-bond donors (Lipinski definition) is 0. The summed E-state index contributed by atoms with van der Waals surface area (Å²) in [5.41, 5.74) is 2.07. The van der Waals surface area contributed by atoms with Crippen LogP contribution in [0.3, 0.4) is 0 Å². The minimum atomic E-state index is 0.418. The molecule has 0 saturated carbocycles. The van der Waals surface area contributed by atoms with Crippen LogP contribution in [0, 0.1) is 11.3 Å². The van der Waals surface area contributed by atoms with Gasteiger partial charge in [-0.15, -0.1) is 0 Å². The molecule has 4 nitrogen and oxygen atoms in total. The third kappa shape index (κ3) is 5.32. The SMILES string of the molecule is CC(=COc1ccccc1)C(=Nc1ccccc1)Oc1ccc(C#N)cc1. The van der Waals surface area contributed by atoms with Crippen LogP contribution in [0.4, 0.5) is 5.69 Å². The molecule has 0 spiro atoms. The zero-order valence-corrected chi connectivity index (χ0v) is 14.9. The second-order valence-electron chi connectivity index (χ2n) is 5.72. The molecule has 3 rings (SSSR count). The summed E-state index contributed by atoms with van der Waals surface area (Å²) in [5.74, 6) is 1.74. The predicted molar refractivity (Wildman–Crippen MR) is 106 cm³/mol. The number of nitrogens with zero attached hydrogens (tertiary/aromatic N) is 2. The Bertz CT molecular complexity index is 970. The van der Waals surface area contributed by atoms with Crippen LogP contribution in [0.15, 0.2) is 102 Å². The first-order valence-corrected chi connectivity index (χ1v) is 8.45. The lowest BCUT2D eigenvalue weighted by Crippen LogP contribution is -2.11. The molecule has 0 radical (unpaired) electrons. The molecule has 0 fully saturated rings. The van der Waals surface area contributed by atoms with Crippen LogP contribution in [0.1, 0.15) is 12.5 Å². The van der Waals surface area contributed by atoms with E-state index in [1.807, 2.05) is 67.6 Å². The molecule has 0 N–H and O–H groups in total. The van der Waals surface area contributed by atoms with Crippen LogP contribution in [-0.4, -0.2) is 5.90 Å². The molecule has 0 aliphatic carbocycles. The predicted octanol–water partition coefficient (Wildman–Crippen LogP) is 5.65. The average molecular weight is 354 g/mol. The van der Waals surface area contributed by atoms with Gasteiger partial charge in [-0.1, -0.05) is 36.4 Å². The van der Waals surface area contributed by atoms with E-state index in [1.54, 1.807) is 30.5 Å². The van der Waals surface area contributed by atoms with E-state index >= 15 is 0 Å². The van der Waals surface area contributed by atoms with Crippen molar-refractivity contribution in [3.8, 4) is 17.6 Å². The van der Waals surface area contributed by atoms with Crippen molar-refractivity contribution in [3.63, 3.8) is 0 Å². The van der Waals surface area contributed by atoms with E-state index in [0.29, 0.717) is 17.2 Å². The van der Waals surface area contributed by atoms with E-state index in [1.165, 1.54) is 0 Å². The van der Waals surface area contributed by atoms with Crippen molar-refractivity contribution in [2.45, 2.75) is 6.92 Å². The largest absolute Gasteiger partial charge is 0.465 e. The Balaban J connectivity index is 1.86. The standard InChI is InChI=1S/C23H18N2O2/c1-18(17-26-21-10-6-3-7-11-21)23(25-20-8-4-2-5-9-20)27-22-14-12-19(16-24)13-15-22/h2-15,17H,1H3.